The second kappa shape index (κ2) is 6.34. The Morgan fingerprint density at radius 2 is 1.94 bits per heavy atom. The van der Waals surface area contributed by atoms with Crippen LogP contribution in [0.25, 0.3) is 0 Å². The van der Waals surface area contributed by atoms with Gasteiger partial charge in [-0.15, -0.1) is 0 Å². The van der Waals surface area contributed by atoms with Gasteiger partial charge in [-0.2, -0.15) is 13.2 Å². The molecule has 0 saturated heterocycles. The second-order valence-electron chi connectivity index (χ2n) is 3.39. The van der Waals surface area contributed by atoms with Gasteiger partial charge >= 0.3 is 12.1 Å². The molecule has 0 aliphatic carbocycles. The van der Waals surface area contributed by atoms with Gasteiger partial charge in [0.1, 0.15) is 12.5 Å². The number of rotatable bonds is 6. The van der Waals surface area contributed by atoms with Crippen LogP contribution in [0.15, 0.2) is 0 Å². The molecular weight excluding hydrogens is 227 g/mol. The average Bonchev–Trinajstić information content (AvgIpc) is 2.08. The lowest BCUT2D eigenvalue weighted by Crippen LogP contribution is -2.42. The van der Waals surface area contributed by atoms with E-state index in [1.807, 2.05) is 12.2 Å². The van der Waals surface area contributed by atoms with Crippen molar-refractivity contribution in [2.24, 2.45) is 0 Å². The largest absolute Gasteiger partial charge is 0.480 e. The van der Waals surface area contributed by atoms with Gasteiger partial charge in [-0.3, -0.25) is 4.79 Å². The van der Waals surface area contributed by atoms with Crippen LogP contribution in [0, 0.1) is 0 Å². The first-order valence-corrected chi connectivity index (χ1v) is 4.85. The van der Waals surface area contributed by atoms with Crippen molar-refractivity contribution in [3.63, 3.8) is 0 Å². The predicted octanol–water partition coefficient (Wildman–Crippen LogP) is 1.70. The number of carboxylic acid groups (broad SMARTS) is 1. The molecule has 1 unspecified atom stereocenters. The Bertz CT molecular complexity index is 253. The van der Waals surface area contributed by atoms with Gasteiger partial charge in [-0.25, -0.2) is 4.79 Å². The molecule has 0 aliphatic rings. The van der Waals surface area contributed by atoms with E-state index in [4.69, 9.17) is 5.11 Å². The maximum absolute atomic E-state index is 11.8. The Morgan fingerprint density at radius 1 is 1.38 bits per heavy atom. The summed E-state index contributed by atoms with van der Waals surface area (Å²) in [5.41, 5.74) is 0. The van der Waals surface area contributed by atoms with Crippen molar-refractivity contribution in [1.29, 1.82) is 0 Å². The number of hydrogen-bond acceptors (Lipinski definition) is 2. The summed E-state index contributed by atoms with van der Waals surface area (Å²) < 4.78 is 35.4. The van der Waals surface area contributed by atoms with Crippen LogP contribution >= 0.6 is 0 Å². The molecular formula is C9H14F3NO3. The maximum Gasteiger partial charge on any atom is 0.397 e. The molecule has 4 nitrogen and oxygen atoms in total. The fourth-order valence-electron chi connectivity index (χ4n) is 1.09. The number of hydrogen-bond donors (Lipinski definition) is 2. The van der Waals surface area contributed by atoms with Gasteiger partial charge in [0.05, 0.1) is 0 Å². The van der Waals surface area contributed by atoms with Crippen LogP contribution in [0.4, 0.5) is 13.2 Å². The monoisotopic (exact) mass is 241 g/mol. The van der Waals surface area contributed by atoms with E-state index in [0.717, 1.165) is 0 Å². The first-order valence-electron chi connectivity index (χ1n) is 4.85. The van der Waals surface area contributed by atoms with Crippen molar-refractivity contribution in [2.75, 3.05) is 0 Å². The van der Waals surface area contributed by atoms with Crippen LogP contribution in [0.2, 0.25) is 0 Å². The summed E-state index contributed by atoms with van der Waals surface area (Å²) in [7, 11) is 0. The van der Waals surface area contributed by atoms with Gasteiger partial charge in [-0.05, 0) is 6.42 Å². The average molecular weight is 241 g/mol. The fraction of sp³-hybridized carbons (Fsp3) is 0.778. The van der Waals surface area contributed by atoms with E-state index in [9.17, 15) is 22.8 Å². The molecule has 0 aliphatic heterocycles. The van der Waals surface area contributed by atoms with Gasteiger partial charge in [0.15, 0.2) is 0 Å². The van der Waals surface area contributed by atoms with Crippen molar-refractivity contribution in [2.45, 2.75) is 44.8 Å². The molecule has 0 aromatic rings. The summed E-state index contributed by atoms with van der Waals surface area (Å²) in [4.78, 5) is 21.5. The third kappa shape index (κ3) is 7.08. The minimum atomic E-state index is -4.61. The van der Waals surface area contributed by atoms with Crippen molar-refractivity contribution in [1.82, 2.24) is 5.32 Å². The number of alkyl halides is 3. The molecule has 0 aromatic heterocycles. The van der Waals surface area contributed by atoms with Gasteiger partial charge in [0, 0.05) is 0 Å². The van der Waals surface area contributed by atoms with Crippen molar-refractivity contribution in [3.8, 4) is 0 Å². The third-order valence-corrected chi connectivity index (χ3v) is 1.84. The number of unbranched alkanes of at least 4 members (excludes halogenated alkanes) is 1. The molecule has 94 valence electrons. The van der Waals surface area contributed by atoms with Crippen molar-refractivity contribution < 1.29 is 27.9 Å². The Kier molecular flexibility index (Phi) is 5.84. The smallest absolute Gasteiger partial charge is 0.397 e. The van der Waals surface area contributed by atoms with E-state index in [-0.39, 0.29) is 6.42 Å². The first kappa shape index (κ1) is 14.7. The Hall–Kier alpha value is -1.27. The highest BCUT2D eigenvalue weighted by atomic mass is 19.4. The third-order valence-electron chi connectivity index (χ3n) is 1.84. The van der Waals surface area contributed by atoms with Crippen LogP contribution in [-0.2, 0) is 9.59 Å². The summed E-state index contributed by atoms with van der Waals surface area (Å²) >= 11 is 0. The highest BCUT2D eigenvalue weighted by molar-refractivity contribution is 5.83. The SMILES string of the molecule is CCCCC(NC(=O)CC(F)(F)F)C(=O)O. The van der Waals surface area contributed by atoms with Crippen LogP contribution in [0.5, 0.6) is 0 Å². The molecule has 0 aromatic carbocycles. The Balaban J connectivity index is 4.19. The number of amides is 1. The fourth-order valence-corrected chi connectivity index (χ4v) is 1.09. The van der Waals surface area contributed by atoms with Crippen LogP contribution in [-0.4, -0.2) is 29.2 Å². The van der Waals surface area contributed by atoms with E-state index in [1.165, 1.54) is 0 Å². The number of aliphatic carboxylic acids is 1. The molecule has 0 heterocycles. The normalized spacial score (nSPS) is 13.2. The van der Waals surface area contributed by atoms with E-state index < -0.39 is 30.5 Å². The van der Waals surface area contributed by atoms with E-state index in [1.54, 1.807) is 0 Å². The number of nitrogens with one attached hydrogen (secondary N) is 1. The second-order valence-corrected chi connectivity index (χ2v) is 3.39. The summed E-state index contributed by atoms with van der Waals surface area (Å²) in [6.45, 7) is 1.82. The highest BCUT2D eigenvalue weighted by Crippen LogP contribution is 2.19. The topological polar surface area (TPSA) is 66.4 Å². The Morgan fingerprint density at radius 3 is 2.31 bits per heavy atom. The van der Waals surface area contributed by atoms with Crippen LogP contribution in [0.3, 0.4) is 0 Å². The summed E-state index contributed by atoms with van der Waals surface area (Å²) in [5, 5.41) is 10.5. The molecule has 0 bridgehead atoms. The molecule has 7 heteroatoms. The maximum atomic E-state index is 11.8. The lowest BCUT2D eigenvalue weighted by atomic mass is 10.1. The summed E-state index contributed by atoms with van der Waals surface area (Å²) in [6, 6.07) is -1.24. The predicted molar refractivity (Wildman–Crippen MR) is 49.8 cm³/mol. The van der Waals surface area contributed by atoms with Crippen LogP contribution < -0.4 is 5.32 Å². The van der Waals surface area contributed by atoms with E-state index in [2.05, 4.69) is 0 Å². The Labute approximate surface area is 90.8 Å². The zero-order chi connectivity index (χ0) is 12.8. The molecule has 1 atom stereocenters. The zero-order valence-corrected chi connectivity index (χ0v) is 8.80. The van der Waals surface area contributed by atoms with Gasteiger partial charge in [0.25, 0.3) is 0 Å². The summed E-state index contributed by atoms with van der Waals surface area (Å²) in [5.74, 6) is -2.63. The van der Waals surface area contributed by atoms with Gasteiger partial charge in [0.2, 0.25) is 5.91 Å². The molecule has 0 saturated carbocycles. The standard InChI is InChI=1S/C9H14F3NO3/c1-2-3-4-6(8(15)16)13-7(14)5-9(10,11)12/h6H,2-5H2,1H3,(H,13,14)(H,15,16). The van der Waals surface area contributed by atoms with Gasteiger partial charge in [-0.1, -0.05) is 19.8 Å². The molecule has 16 heavy (non-hydrogen) atoms. The van der Waals surface area contributed by atoms with E-state index in [0.29, 0.717) is 12.8 Å². The number of halogens is 3. The van der Waals surface area contributed by atoms with E-state index >= 15 is 0 Å². The number of carbonyl (C=O) groups excluding carboxylic acids is 1. The molecule has 0 radical (unpaired) electrons. The van der Waals surface area contributed by atoms with Crippen molar-refractivity contribution in [3.05, 3.63) is 0 Å². The van der Waals surface area contributed by atoms with Crippen LogP contribution in [0.1, 0.15) is 32.6 Å². The summed E-state index contributed by atoms with van der Waals surface area (Å²) in [6.07, 6.45) is -4.89. The zero-order valence-electron chi connectivity index (χ0n) is 8.80. The minimum absolute atomic E-state index is 0.134. The highest BCUT2D eigenvalue weighted by Gasteiger charge is 2.32. The molecule has 2 N–H and O–H groups in total. The minimum Gasteiger partial charge on any atom is -0.480 e. The molecule has 0 spiro atoms. The lowest BCUT2D eigenvalue weighted by Gasteiger charge is -2.14. The van der Waals surface area contributed by atoms with Crippen molar-refractivity contribution >= 4 is 11.9 Å². The first-order chi connectivity index (χ1) is 7.26. The van der Waals surface area contributed by atoms with Gasteiger partial charge < -0.3 is 10.4 Å². The molecule has 0 fully saturated rings. The molecule has 0 rings (SSSR count). The lowest BCUT2D eigenvalue weighted by molar-refractivity contribution is -0.156. The number of carboxylic acids is 1. The molecule has 1 amide bonds. The quantitative estimate of drug-likeness (QED) is 0.743. The number of carbonyl (C=O) groups is 2.